The van der Waals surface area contributed by atoms with Crippen molar-refractivity contribution in [3.63, 3.8) is 0 Å². The first-order valence-electron chi connectivity index (χ1n) is 8.40. The average Bonchev–Trinajstić information content (AvgIpc) is 2.66. The molecule has 0 aromatic heterocycles. The Morgan fingerprint density at radius 1 is 0.880 bits per heavy atom. The van der Waals surface area contributed by atoms with Crippen molar-refractivity contribution in [3.05, 3.63) is 100 Å². The number of thiol groups is 1. The summed E-state index contributed by atoms with van der Waals surface area (Å²) in [7, 11) is 0. The lowest BCUT2D eigenvalue weighted by molar-refractivity contribution is 0.306. The largest absolute Gasteiger partial charge is 0.489 e. The van der Waals surface area contributed by atoms with Gasteiger partial charge in [0, 0.05) is 9.72 Å². The predicted molar refractivity (Wildman–Crippen MR) is 111 cm³/mol. The Bertz CT molecular complexity index is 804. The van der Waals surface area contributed by atoms with Gasteiger partial charge in [0.2, 0.25) is 0 Å². The SMILES string of the molecule is S[C@H](CCc1ccccc1Br)c1cccc(OCc2ccccc2)c1. The highest BCUT2D eigenvalue weighted by Gasteiger charge is 2.09. The van der Waals surface area contributed by atoms with Gasteiger partial charge in [-0.25, -0.2) is 0 Å². The standard InChI is InChI=1S/C22H21BrOS/c23-21-12-5-4-9-18(21)13-14-22(25)19-10-6-11-20(15-19)24-16-17-7-2-1-3-8-17/h1-12,15,22,25H,13-14,16H2/t22-/m1/s1. The minimum Gasteiger partial charge on any atom is -0.489 e. The predicted octanol–water partition coefficient (Wildman–Crippen LogP) is 6.63. The maximum atomic E-state index is 5.92. The maximum absolute atomic E-state index is 5.92. The Morgan fingerprint density at radius 3 is 2.44 bits per heavy atom. The zero-order valence-corrected chi connectivity index (χ0v) is 16.4. The lowest BCUT2D eigenvalue weighted by Crippen LogP contribution is -1.98. The summed E-state index contributed by atoms with van der Waals surface area (Å²) in [6.07, 6.45) is 1.97. The second-order valence-corrected chi connectivity index (χ2v) is 7.47. The van der Waals surface area contributed by atoms with Gasteiger partial charge in [0.25, 0.3) is 0 Å². The van der Waals surface area contributed by atoms with E-state index in [9.17, 15) is 0 Å². The summed E-state index contributed by atoms with van der Waals surface area (Å²) in [5.74, 6) is 0.890. The van der Waals surface area contributed by atoms with Crippen molar-refractivity contribution in [2.75, 3.05) is 0 Å². The Hall–Kier alpha value is -1.71. The monoisotopic (exact) mass is 412 g/mol. The molecule has 0 aliphatic carbocycles. The van der Waals surface area contributed by atoms with Crippen LogP contribution in [0.2, 0.25) is 0 Å². The molecule has 3 aromatic carbocycles. The molecule has 0 saturated carbocycles. The van der Waals surface area contributed by atoms with Gasteiger partial charge in [0.05, 0.1) is 0 Å². The van der Waals surface area contributed by atoms with Crippen LogP contribution in [0.3, 0.4) is 0 Å². The molecule has 1 nitrogen and oxygen atoms in total. The molecule has 3 rings (SSSR count). The fraction of sp³-hybridized carbons (Fsp3) is 0.182. The van der Waals surface area contributed by atoms with Crippen molar-refractivity contribution in [2.45, 2.75) is 24.7 Å². The summed E-state index contributed by atoms with van der Waals surface area (Å²) in [5.41, 5.74) is 3.68. The van der Waals surface area contributed by atoms with Crippen LogP contribution in [0.1, 0.15) is 28.4 Å². The van der Waals surface area contributed by atoms with E-state index >= 15 is 0 Å². The van der Waals surface area contributed by atoms with Gasteiger partial charge < -0.3 is 4.74 Å². The minimum absolute atomic E-state index is 0.187. The summed E-state index contributed by atoms with van der Waals surface area (Å²) in [5, 5.41) is 0.187. The molecular formula is C22H21BrOS. The van der Waals surface area contributed by atoms with Crippen molar-refractivity contribution in [1.29, 1.82) is 0 Å². The molecule has 0 radical (unpaired) electrons. The molecule has 128 valence electrons. The van der Waals surface area contributed by atoms with Gasteiger partial charge in [0.15, 0.2) is 0 Å². The lowest BCUT2D eigenvalue weighted by atomic mass is 10.0. The van der Waals surface area contributed by atoms with Crippen LogP contribution in [0.25, 0.3) is 0 Å². The molecule has 0 aliphatic rings. The molecular weight excluding hydrogens is 392 g/mol. The van der Waals surface area contributed by atoms with Crippen LogP contribution in [-0.4, -0.2) is 0 Å². The van der Waals surface area contributed by atoms with Crippen molar-refractivity contribution in [3.8, 4) is 5.75 Å². The number of rotatable bonds is 7. The molecule has 25 heavy (non-hydrogen) atoms. The highest BCUT2D eigenvalue weighted by molar-refractivity contribution is 9.10. The number of ether oxygens (including phenoxy) is 1. The first-order chi connectivity index (χ1) is 12.2. The van der Waals surface area contributed by atoms with Gasteiger partial charge in [0.1, 0.15) is 12.4 Å². The summed E-state index contributed by atoms with van der Waals surface area (Å²) in [6.45, 7) is 0.582. The number of halogens is 1. The van der Waals surface area contributed by atoms with Crippen LogP contribution < -0.4 is 4.74 Å². The molecule has 0 unspecified atom stereocenters. The van der Waals surface area contributed by atoms with E-state index in [-0.39, 0.29) is 5.25 Å². The van der Waals surface area contributed by atoms with Crippen LogP contribution in [0.15, 0.2) is 83.3 Å². The fourth-order valence-corrected chi connectivity index (χ4v) is 3.49. The smallest absolute Gasteiger partial charge is 0.120 e. The molecule has 0 N–H and O–H groups in total. The zero-order chi connectivity index (χ0) is 17.5. The van der Waals surface area contributed by atoms with Crippen LogP contribution >= 0.6 is 28.6 Å². The molecule has 0 aliphatic heterocycles. The van der Waals surface area contributed by atoms with Crippen LogP contribution in [0, 0.1) is 0 Å². The van der Waals surface area contributed by atoms with Crippen molar-refractivity contribution in [2.24, 2.45) is 0 Å². The summed E-state index contributed by atoms with van der Waals surface area (Å²) < 4.78 is 7.09. The molecule has 1 atom stereocenters. The topological polar surface area (TPSA) is 9.23 Å². The van der Waals surface area contributed by atoms with Crippen molar-refractivity contribution < 1.29 is 4.74 Å². The quantitative estimate of drug-likeness (QED) is 0.428. The Balaban J connectivity index is 1.59. The minimum atomic E-state index is 0.187. The van der Waals surface area contributed by atoms with Gasteiger partial charge in [-0.2, -0.15) is 12.6 Å². The van der Waals surface area contributed by atoms with E-state index in [1.54, 1.807) is 0 Å². The summed E-state index contributed by atoms with van der Waals surface area (Å²) >= 11 is 8.41. The van der Waals surface area contributed by atoms with Crippen molar-refractivity contribution in [1.82, 2.24) is 0 Å². The van der Waals surface area contributed by atoms with Crippen LogP contribution in [0.5, 0.6) is 5.75 Å². The van der Waals surface area contributed by atoms with Crippen LogP contribution in [-0.2, 0) is 13.0 Å². The Kier molecular flexibility index (Phi) is 6.60. The van der Waals surface area contributed by atoms with Gasteiger partial charge >= 0.3 is 0 Å². The summed E-state index contributed by atoms with van der Waals surface area (Å²) in [6, 6.07) is 26.8. The Labute approximate surface area is 163 Å². The number of hydrogen-bond donors (Lipinski definition) is 1. The highest BCUT2D eigenvalue weighted by atomic mass is 79.9. The third-order valence-corrected chi connectivity index (χ3v) is 5.47. The van der Waals surface area contributed by atoms with E-state index in [4.69, 9.17) is 17.4 Å². The summed E-state index contributed by atoms with van der Waals surface area (Å²) in [4.78, 5) is 0. The van der Waals surface area contributed by atoms with E-state index in [0.29, 0.717) is 6.61 Å². The van der Waals surface area contributed by atoms with Gasteiger partial charge in [-0.1, -0.05) is 76.6 Å². The molecule has 0 fully saturated rings. The molecule has 0 spiro atoms. The second-order valence-electron chi connectivity index (χ2n) is 5.99. The first-order valence-corrected chi connectivity index (χ1v) is 9.71. The second kappa shape index (κ2) is 9.12. The molecule has 0 amide bonds. The molecule has 3 heteroatoms. The van der Waals surface area contributed by atoms with E-state index in [2.05, 4.69) is 58.4 Å². The van der Waals surface area contributed by atoms with Gasteiger partial charge in [-0.3, -0.25) is 0 Å². The normalized spacial score (nSPS) is 11.9. The molecule has 0 heterocycles. The third-order valence-electron chi connectivity index (χ3n) is 4.14. The zero-order valence-electron chi connectivity index (χ0n) is 13.9. The van der Waals surface area contributed by atoms with E-state index in [1.165, 1.54) is 16.7 Å². The lowest BCUT2D eigenvalue weighted by Gasteiger charge is -2.14. The highest BCUT2D eigenvalue weighted by Crippen LogP contribution is 2.29. The maximum Gasteiger partial charge on any atom is 0.120 e. The van der Waals surface area contributed by atoms with E-state index < -0.39 is 0 Å². The third kappa shape index (κ3) is 5.38. The first kappa shape index (κ1) is 18.1. The molecule has 3 aromatic rings. The van der Waals surface area contributed by atoms with Gasteiger partial charge in [-0.15, -0.1) is 0 Å². The van der Waals surface area contributed by atoms with Crippen molar-refractivity contribution >= 4 is 28.6 Å². The number of aryl methyl sites for hydroxylation is 1. The number of benzene rings is 3. The van der Waals surface area contributed by atoms with Gasteiger partial charge in [-0.05, 0) is 47.7 Å². The fourth-order valence-electron chi connectivity index (χ4n) is 2.71. The van der Waals surface area contributed by atoms with E-state index in [1.807, 2.05) is 36.4 Å². The average molecular weight is 413 g/mol. The molecule has 0 bridgehead atoms. The Morgan fingerprint density at radius 2 is 1.64 bits per heavy atom. The van der Waals surface area contributed by atoms with Crippen LogP contribution in [0.4, 0.5) is 0 Å². The molecule has 0 saturated heterocycles. The number of hydrogen-bond acceptors (Lipinski definition) is 2. The van der Waals surface area contributed by atoms with E-state index in [0.717, 1.165) is 23.1 Å².